The van der Waals surface area contributed by atoms with Crippen LogP contribution in [0, 0.1) is 0 Å². The van der Waals surface area contributed by atoms with Crippen LogP contribution >= 0.6 is 0 Å². The molecule has 3 nitrogen and oxygen atoms in total. The Kier molecular flexibility index (Phi) is 5.32. The van der Waals surface area contributed by atoms with Crippen LogP contribution in [-0.2, 0) is 8.91 Å². The highest BCUT2D eigenvalue weighted by Gasteiger charge is 2.17. The number of isocyanates is 1. The Labute approximate surface area is 77.3 Å². The molecule has 2 radical (unpaired) electrons. The molecule has 0 saturated carbocycles. The SMILES string of the molecule is CCC(N=C=O)[Si]O[Si](C)(C)C. The predicted octanol–water partition coefficient (Wildman–Crippen LogP) is 1.53. The summed E-state index contributed by atoms with van der Waals surface area (Å²) in [6.45, 7) is 8.36. The maximum absolute atomic E-state index is 9.97. The Bertz CT molecular complexity index is 173. The molecular formula is C7H15NO2Si2. The number of hydrogen-bond donors (Lipinski definition) is 0. The van der Waals surface area contributed by atoms with Gasteiger partial charge in [0.1, 0.15) is 0 Å². The molecule has 0 amide bonds. The molecule has 0 spiro atoms. The molecular weight excluding hydrogens is 186 g/mol. The number of carbonyl (C=O) groups excluding carboxylic acids is 1. The van der Waals surface area contributed by atoms with Gasteiger partial charge in [0.05, 0.1) is 5.67 Å². The van der Waals surface area contributed by atoms with Gasteiger partial charge in [-0.2, -0.15) is 0 Å². The second-order valence-electron chi connectivity index (χ2n) is 3.48. The normalized spacial score (nSPS) is 13.7. The molecule has 1 unspecified atom stereocenters. The summed E-state index contributed by atoms with van der Waals surface area (Å²) in [5.41, 5.74) is 0.0224. The zero-order valence-corrected chi connectivity index (χ0v) is 10.0. The van der Waals surface area contributed by atoms with Gasteiger partial charge >= 0.3 is 0 Å². The summed E-state index contributed by atoms with van der Waals surface area (Å²) in [6, 6.07) is 0. The third-order valence-electron chi connectivity index (χ3n) is 1.10. The topological polar surface area (TPSA) is 38.7 Å². The lowest BCUT2D eigenvalue weighted by molar-refractivity contribution is 0.551. The summed E-state index contributed by atoms with van der Waals surface area (Å²) >= 11 is 0. The molecule has 12 heavy (non-hydrogen) atoms. The quantitative estimate of drug-likeness (QED) is 0.384. The lowest BCUT2D eigenvalue weighted by Gasteiger charge is -2.18. The predicted molar refractivity (Wildman–Crippen MR) is 52.4 cm³/mol. The summed E-state index contributed by atoms with van der Waals surface area (Å²) < 4.78 is 5.63. The van der Waals surface area contributed by atoms with E-state index in [4.69, 9.17) is 4.12 Å². The van der Waals surface area contributed by atoms with Gasteiger partial charge in [0, 0.05) is 0 Å². The Hall–Kier alpha value is -0.226. The minimum atomic E-state index is -1.44. The summed E-state index contributed by atoms with van der Waals surface area (Å²) in [5.74, 6) is 0. The molecule has 0 rings (SSSR count). The van der Waals surface area contributed by atoms with Gasteiger partial charge in [-0.3, -0.25) is 0 Å². The molecule has 0 aromatic carbocycles. The molecule has 0 heterocycles. The van der Waals surface area contributed by atoms with E-state index in [0.29, 0.717) is 9.76 Å². The summed E-state index contributed by atoms with van der Waals surface area (Å²) in [7, 11) is -1.13. The molecule has 0 aliphatic rings. The average Bonchev–Trinajstić information content (AvgIpc) is 1.96. The number of nitrogens with zero attached hydrogens (tertiary/aromatic N) is 1. The summed E-state index contributed by atoms with van der Waals surface area (Å²) in [6.07, 6.45) is 2.42. The first-order valence-electron chi connectivity index (χ1n) is 4.00. The van der Waals surface area contributed by atoms with Crippen LogP contribution < -0.4 is 0 Å². The Morgan fingerprint density at radius 3 is 2.50 bits per heavy atom. The van der Waals surface area contributed by atoms with Crippen LogP contribution in [0.1, 0.15) is 13.3 Å². The maximum atomic E-state index is 9.97. The van der Waals surface area contributed by atoms with Gasteiger partial charge in [-0.1, -0.05) is 6.92 Å². The number of rotatable bonds is 5. The van der Waals surface area contributed by atoms with E-state index in [1.165, 1.54) is 0 Å². The van der Waals surface area contributed by atoms with Crippen molar-refractivity contribution in [3.63, 3.8) is 0 Å². The van der Waals surface area contributed by atoms with E-state index in [1.54, 1.807) is 6.08 Å². The van der Waals surface area contributed by atoms with Crippen molar-refractivity contribution in [2.45, 2.75) is 38.7 Å². The van der Waals surface area contributed by atoms with Crippen LogP contribution in [0.2, 0.25) is 19.6 Å². The molecule has 0 N–H and O–H groups in total. The van der Waals surface area contributed by atoms with Crippen molar-refractivity contribution in [1.82, 2.24) is 0 Å². The molecule has 0 aromatic heterocycles. The molecule has 0 saturated heterocycles. The molecule has 68 valence electrons. The highest BCUT2D eigenvalue weighted by molar-refractivity contribution is 6.74. The fraction of sp³-hybridized carbons (Fsp3) is 0.857. The summed E-state index contributed by atoms with van der Waals surface area (Å²) in [5, 5.41) is 0. The minimum absolute atomic E-state index is 0.0224. The molecule has 0 aromatic rings. The van der Waals surface area contributed by atoms with Gasteiger partial charge in [-0.15, -0.1) is 0 Å². The van der Waals surface area contributed by atoms with E-state index in [2.05, 4.69) is 24.6 Å². The van der Waals surface area contributed by atoms with Crippen LogP contribution in [-0.4, -0.2) is 29.8 Å². The second-order valence-corrected chi connectivity index (χ2v) is 9.42. The van der Waals surface area contributed by atoms with E-state index in [-0.39, 0.29) is 5.67 Å². The molecule has 0 bridgehead atoms. The zero-order chi connectivity index (χ0) is 9.61. The van der Waals surface area contributed by atoms with Crippen molar-refractivity contribution >= 4 is 24.2 Å². The van der Waals surface area contributed by atoms with E-state index < -0.39 is 8.32 Å². The smallest absolute Gasteiger partial charge is 0.244 e. The first kappa shape index (κ1) is 11.8. The van der Waals surface area contributed by atoms with Crippen LogP contribution in [0.5, 0.6) is 0 Å². The van der Waals surface area contributed by atoms with Crippen molar-refractivity contribution in [3.05, 3.63) is 0 Å². The third kappa shape index (κ3) is 6.48. The van der Waals surface area contributed by atoms with E-state index in [9.17, 15) is 4.79 Å². The highest BCUT2D eigenvalue weighted by atomic mass is 28.4. The molecule has 5 heteroatoms. The zero-order valence-electron chi connectivity index (χ0n) is 8.05. The average molecular weight is 201 g/mol. The minimum Gasteiger partial charge on any atom is -0.455 e. The van der Waals surface area contributed by atoms with Gasteiger partial charge in [0.2, 0.25) is 15.8 Å². The molecule has 0 aliphatic carbocycles. The fourth-order valence-corrected chi connectivity index (χ4v) is 2.74. The van der Waals surface area contributed by atoms with E-state index in [0.717, 1.165) is 6.42 Å². The van der Waals surface area contributed by atoms with Crippen LogP contribution in [0.15, 0.2) is 4.99 Å². The van der Waals surface area contributed by atoms with Crippen molar-refractivity contribution in [3.8, 4) is 0 Å². The van der Waals surface area contributed by atoms with Crippen molar-refractivity contribution in [1.29, 1.82) is 0 Å². The van der Waals surface area contributed by atoms with Crippen molar-refractivity contribution in [2.24, 2.45) is 4.99 Å². The van der Waals surface area contributed by atoms with Crippen molar-refractivity contribution in [2.75, 3.05) is 0 Å². The van der Waals surface area contributed by atoms with Gasteiger partial charge in [0.15, 0.2) is 8.32 Å². The van der Waals surface area contributed by atoms with Crippen LogP contribution in [0.25, 0.3) is 0 Å². The monoisotopic (exact) mass is 201 g/mol. The van der Waals surface area contributed by atoms with Crippen LogP contribution in [0.3, 0.4) is 0 Å². The lowest BCUT2D eigenvalue weighted by atomic mass is 10.5. The van der Waals surface area contributed by atoms with Gasteiger partial charge in [0.25, 0.3) is 0 Å². The third-order valence-corrected chi connectivity index (χ3v) is 4.83. The van der Waals surface area contributed by atoms with Gasteiger partial charge in [-0.25, -0.2) is 9.79 Å². The first-order chi connectivity index (χ1) is 5.49. The number of hydrogen-bond acceptors (Lipinski definition) is 3. The standard InChI is InChI=1S/C7H15NO2Si2/c1-5-7(8-6-9)11-10-12(2,3)4/h7H,5H2,1-4H3. The second kappa shape index (κ2) is 5.42. The first-order valence-corrected chi connectivity index (χ1v) is 8.39. The van der Waals surface area contributed by atoms with Gasteiger partial charge < -0.3 is 4.12 Å². The van der Waals surface area contributed by atoms with Crippen LogP contribution in [0.4, 0.5) is 0 Å². The largest absolute Gasteiger partial charge is 0.455 e. The Balaban J connectivity index is 3.80. The summed E-state index contributed by atoms with van der Waals surface area (Å²) in [4.78, 5) is 13.6. The lowest BCUT2D eigenvalue weighted by Crippen LogP contribution is -2.32. The Morgan fingerprint density at radius 2 is 2.17 bits per heavy atom. The van der Waals surface area contributed by atoms with Gasteiger partial charge in [-0.05, 0) is 26.1 Å². The molecule has 0 fully saturated rings. The molecule has 0 aliphatic heterocycles. The fourth-order valence-electron chi connectivity index (χ4n) is 0.509. The van der Waals surface area contributed by atoms with E-state index in [1.807, 2.05) is 6.92 Å². The highest BCUT2D eigenvalue weighted by Crippen LogP contribution is 2.04. The molecule has 1 atom stereocenters. The van der Waals surface area contributed by atoms with Crippen molar-refractivity contribution < 1.29 is 8.91 Å². The number of aliphatic imine (C=N–C) groups is 1. The maximum Gasteiger partial charge on any atom is 0.244 e. The van der Waals surface area contributed by atoms with E-state index >= 15 is 0 Å². The Morgan fingerprint density at radius 1 is 1.58 bits per heavy atom.